The number of hydrogen-bond acceptors (Lipinski definition) is 4. The van der Waals surface area contributed by atoms with Gasteiger partial charge in [-0.1, -0.05) is 0 Å². The maximum Gasteiger partial charge on any atom is 0.271 e. The molecule has 6 heteroatoms. The second-order valence-corrected chi connectivity index (χ2v) is 3.47. The molecule has 1 aromatic rings. The van der Waals surface area contributed by atoms with Crippen molar-refractivity contribution in [1.29, 1.82) is 0 Å². The van der Waals surface area contributed by atoms with E-state index in [4.69, 9.17) is 9.47 Å². The summed E-state index contributed by atoms with van der Waals surface area (Å²) in [7, 11) is 1.81. The van der Waals surface area contributed by atoms with Gasteiger partial charge in [0.05, 0.1) is 12.9 Å². The van der Waals surface area contributed by atoms with E-state index in [9.17, 15) is 4.79 Å². The normalized spacial score (nSPS) is 10.8. The van der Waals surface area contributed by atoms with Gasteiger partial charge in [-0.2, -0.15) is 0 Å². The molecule has 0 atom stereocenters. The van der Waals surface area contributed by atoms with Crippen LogP contribution < -0.4 is 5.32 Å². The first kappa shape index (κ1) is 13.7. The molecule has 17 heavy (non-hydrogen) atoms. The van der Waals surface area contributed by atoms with E-state index in [0.717, 1.165) is 0 Å². The molecule has 6 nitrogen and oxygen atoms in total. The van der Waals surface area contributed by atoms with Crippen LogP contribution in [0.1, 0.15) is 24.3 Å². The smallest absolute Gasteiger partial charge is 0.271 e. The molecular formula is C11H19N3O3. The van der Waals surface area contributed by atoms with Crippen LogP contribution in [-0.4, -0.2) is 41.5 Å². The highest BCUT2D eigenvalue weighted by Crippen LogP contribution is 1.96. The van der Waals surface area contributed by atoms with E-state index >= 15 is 0 Å². The Labute approximate surface area is 101 Å². The third-order valence-electron chi connectivity index (χ3n) is 2.07. The molecule has 0 radical (unpaired) electrons. The zero-order valence-corrected chi connectivity index (χ0v) is 10.5. The van der Waals surface area contributed by atoms with Crippen LogP contribution in [0, 0.1) is 0 Å². The Bertz CT molecular complexity index is 345. The molecule has 0 bridgehead atoms. The summed E-state index contributed by atoms with van der Waals surface area (Å²) in [5, 5.41) is 2.72. The van der Waals surface area contributed by atoms with Gasteiger partial charge in [0, 0.05) is 26.5 Å². The van der Waals surface area contributed by atoms with E-state index in [1.54, 1.807) is 17.1 Å². The quantitative estimate of drug-likeness (QED) is 0.708. The zero-order valence-electron chi connectivity index (χ0n) is 10.5. The SMILES string of the molecule is CCOC(CNC(=O)c1cn(C)cn1)OCC. The first-order chi connectivity index (χ1) is 8.17. The maximum atomic E-state index is 11.7. The van der Waals surface area contributed by atoms with Crippen LogP contribution in [0.15, 0.2) is 12.5 Å². The standard InChI is InChI=1S/C11H19N3O3/c1-4-16-10(17-5-2)6-12-11(15)9-7-14(3)8-13-9/h7-8,10H,4-6H2,1-3H3,(H,12,15). The lowest BCUT2D eigenvalue weighted by molar-refractivity contribution is -0.131. The highest BCUT2D eigenvalue weighted by molar-refractivity contribution is 5.91. The number of nitrogens with one attached hydrogen (secondary N) is 1. The predicted molar refractivity (Wildman–Crippen MR) is 62.6 cm³/mol. The van der Waals surface area contributed by atoms with E-state index in [0.29, 0.717) is 25.5 Å². The van der Waals surface area contributed by atoms with Crippen molar-refractivity contribution < 1.29 is 14.3 Å². The molecule has 0 saturated carbocycles. The van der Waals surface area contributed by atoms with Gasteiger partial charge < -0.3 is 19.4 Å². The number of carbonyl (C=O) groups excluding carboxylic acids is 1. The van der Waals surface area contributed by atoms with Crippen LogP contribution in [0.3, 0.4) is 0 Å². The maximum absolute atomic E-state index is 11.7. The molecule has 0 unspecified atom stereocenters. The van der Waals surface area contributed by atoms with Gasteiger partial charge in [-0.15, -0.1) is 0 Å². The van der Waals surface area contributed by atoms with E-state index in [1.807, 2.05) is 20.9 Å². The summed E-state index contributed by atoms with van der Waals surface area (Å²) in [6.45, 7) is 5.17. The van der Waals surface area contributed by atoms with E-state index in [1.165, 1.54) is 0 Å². The first-order valence-electron chi connectivity index (χ1n) is 5.66. The minimum absolute atomic E-state index is 0.227. The number of hydrogen-bond donors (Lipinski definition) is 1. The molecule has 0 aromatic carbocycles. The van der Waals surface area contributed by atoms with E-state index < -0.39 is 6.29 Å². The molecule has 1 heterocycles. The Balaban J connectivity index is 2.40. The summed E-state index contributed by atoms with van der Waals surface area (Å²) < 4.78 is 12.3. The molecular weight excluding hydrogens is 222 g/mol. The van der Waals surface area contributed by atoms with Gasteiger partial charge in [-0.25, -0.2) is 4.98 Å². The molecule has 1 aromatic heterocycles. The summed E-state index contributed by atoms with van der Waals surface area (Å²) in [6, 6.07) is 0. The highest BCUT2D eigenvalue weighted by Gasteiger charge is 2.12. The monoisotopic (exact) mass is 241 g/mol. The van der Waals surface area contributed by atoms with Gasteiger partial charge in [0.2, 0.25) is 0 Å². The molecule has 96 valence electrons. The summed E-state index contributed by atoms with van der Waals surface area (Å²) >= 11 is 0. The second kappa shape index (κ2) is 7.03. The summed E-state index contributed by atoms with van der Waals surface area (Å²) in [4.78, 5) is 15.6. The van der Waals surface area contributed by atoms with Gasteiger partial charge in [-0.05, 0) is 13.8 Å². The average molecular weight is 241 g/mol. The summed E-state index contributed by atoms with van der Waals surface area (Å²) in [6.07, 6.45) is 2.83. The van der Waals surface area contributed by atoms with Gasteiger partial charge >= 0.3 is 0 Å². The minimum atomic E-state index is -0.405. The van der Waals surface area contributed by atoms with E-state index in [2.05, 4.69) is 10.3 Å². The van der Waals surface area contributed by atoms with Crippen LogP contribution in [0.5, 0.6) is 0 Å². The molecule has 0 aliphatic carbocycles. The fraction of sp³-hybridized carbons (Fsp3) is 0.636. The van der Waals surface area contributed by atoms with Crippen molar-refractivity contribution in [2.75, 3.05) is 19.8 Å². The Hall–Kier alpha value is -1.40. The Kier molecular flexibility index (Phi) is 5.65. The summed E-state index contributed by atoms with van der Waals surface area (Å²) in [5.41, 5.74) is 0.388. The lowest BCUT2D eigenvalue weighted by Crippen LogP contribution is -2.35. The minimum Gasteiger partial charge on any atom is -0.351 e. The van der Waals surface area contributed by atoms with Gasteiger partial charge in [0.25, 0.3) is 5.91 Å². The lowest BCUT2D eigenvalue weighted by Gasteiger charge is -2.16. The molecule has 0 spiro atoms. The predicted octanol–water partition coefficient (Wildman–Crippen LogP) is 0.549. The van der Waals surface area contributed by atoms with Crippen LogP contribution in [0.2, 0.25) is 0 Å². The molecule has 0 aliphatic heterocycles. The topological polar surface area (TPSA) is 65.4 Å². The van der Waals surface area contributed by atoms with Crippen LogP contribution in [0.25, 0.3) is 0 Å². The number of amides is 1. The third kappa shape index (κ3) is 4.54. The number of aromatic nitrogens is 2. The van der Waals surface area contributed by atoms with Crippen molar-refractivity contribution >= 4 is 5.91 Å². The molecule has 1 N–H and O–H groups in total. The highest BCUT2D eigenvalue weighted by atomic mass is 16.7. The van der Waals surface area contributed by atoms with Crippen molar-refractivity contribution in [2.24, 2.45) is 7.05 Å². The van der Waals surface area contributed by atoms with Gasteiger partial charge in [0.1, 0.15) is 5.69 Å². The molecule has 1 amide bonds. The van der Waals surface area contributed by atoms with Crippen molar-refractivity contribution in [3.05, 3.63) is 18.2 Å². The Morgan fingerprint density at radius 1 is 1.47 bits per heavy atom. The van der Waals surface area contributed by atoms with Gasteiger partial charge in [0.15, 0.2) is 6.29 Å². The summed E-state index contributed by atoms with van der Waals surface area (Å²) in [5.74, 6) is -0.227. The third-order valence-corrected chi connectivity index (χ3v) is 2.07. The largest absolute Gasteiger partial charge is 0.351 e. The van der Waals surface area contributed by atoms with Crippen molar-refractivity contribution in [3.63, 3.8) is 0 Å². The molecule has 1 rings (SSSR count). The number of aryl methyl sites for hydroxylation is 1. The van der Waals surface area contributed by atoms with Crippen LogP contribution >= 0.6 is 0 Å². The second-order valence-electron chi connectivity index (χ2n) is 3.47. The Morgan fingerprint density at radius 2 is 2.12 bits per heavy atom. The zero-order chi connectivity index (χ0) is 12.7. The van der Waals surface area contributed by atoms with Crippen molar-refractivity contribution in [1.82, 2.24) is 14.9 Å². The number of nitrogens with zero attached hydrogens (tertiary/aromatic N) is 2. The average Bonchev–Trinajstić information content (AvgIpc) is 2.73. The van der Waals surface area contributed by atoms with Crippen molar-refractivity contribution in [3.8, 4) is 0 Å². The molecule has 0 fully saturated rings. The Morgan fingerprint density at radius 3 is 2.59 bits per heavy atom. The number of rotatable bonds is 7. The lowest BCUT2D eigenvalue weighted by atomic mass is 10.4. The van der Waals surface area contributed by atoms with Gasteiger partial charge in [-0.3, -0.25) is 4.79 Å². The number of ether oxygens (including phenoxy) is 2. The molecule has 0 saturated heterocycles. The number of carbonyl (C=O) groups is 1. The number of imidazole rings is 1. The first-order valence-corrected chi connectivity index (χ1v) is 5.66. The fourth-order valence-electron chi connectivity index (χ4n) is 1.33. The van der Waals surface area contributed by atoms with Crippen LogP contribution in [0.4, 0.5) is 0 Å². The van der Waals surface area contributed by atoms with E-state index in [-0.39, 0.29) is 5.91 Å². The van der Waals surface area contributed by atoms with Crippen LogP contribution in [-0.2, 0) is 16.5 Å². The van der Waals surface area contributed by atoms with Crippen molar-refractivity contribution in [2.45, 2.75) is 20.1 Å². The molecule has 0 aliphatic rings. The fourth-order valence-corrected chi connectivity index (χ4v) is 1.33.